The van der Waals surface area contributed by atoms with Gasteiger partial charge in [-0.3, -0.25) is 0 Å². The minimum Gasteiger partial charge on any atom is -0.372 e. The molecule has 0 aliphatic carbocycles. The summed E-state index contributed by atoms with van der Waals surface area (Å²) in [4.78, 5) is 2.11. The molecule has 0 saturated carbocycles. The lowest BCUT2D eigenvalue weighted by Crippen LogP contribution is -2.22. The third kappa shape index (κ3) is 2.41. The topological polar surface area (TPSA) is 59.0 Å². The summed E-state index contributed by atoms with van der Waals surface area (Å²) in [6, 6.07) is 5.46. The first-order chi connectivity index (χ1) is 8.05. The maximum atomic E-state index is 11.2. The van der Waals surface area contributed by atoms with Gasteiger partial charge in [0.25, 0.3) is 0 Å². The van der Waals surface area contributed by atoms with Gasteiger partial charge in [0.1, 0.15) is 0 Å². The Labute approximate surface area is 101 Å². The second kappa shape index (κ2) is 4.37. The van der Waals surface area contributed by atoms with Crippen LogP contribution in [0.15, 0.2) is 22.6 Å². The lowest BCUT2D eigenvalue weighted by Gasteiger charge is -2.22. The minimum absolute atomic E-state index is 0.337. The van der Waals surface area contributed by atoms with E-state index >= 15 is 0 Å². The molecule has 0 radical (unpaired) electrons. The molecular weight excluding hydrogens is 240 g/mol. The SMILES string of the molecule is CCN(CC)c1ccc2c(c1)OS(=O)(=O)N=C2. The normalized spacial score (nSPS) is 16.1. The highest BCUT2D eigenvalue weighted by molar-refractivity contribution is 7.86. The van der Waals surface area contributed by atoms with Crippen molar-refractivity contribution in [3.8, 4) is 5.75 Å². The van der Waals surface area contributed by atoms with E-state index in [1.807, 2.05) is 19.9 Å². The smallest absolute Gasteiger partial charge is 0.372 e. The van der Waals surface area contributed by atoms with Crippen LogP contribution in [0.1, 0.15) is 19.4 Å². The van der Waals surface area contributed by atoms with Gasteiger partial charge in [0.2, 0.25) is 0 Å². The number of rotatable bonds is 3. The molecule has 1 aromatic carbocycles. The molecule has 0 spiro atoms. The molecule has 1 aromatic rings. The van der Waals surface area contributed by atoms with Crippen LogP contribution in [0.5, 0.6) is 5.75 Å². The highest BCUT2D eigenvalue weighted by atomic mass is 32.2. The van der Waals surface area contributed by atoms with Crippen molar-refractivity contribution in [2.75, 3.05) is 18.0 Å². The van der Waals surface area contributed by atoms with Gasteiger partial charge in [0, 0.05) is 30.4 Å². The number of hydrogen-bond donors (Lipinski definition) is 0. The summed E-state index contributed by atoms with van der Waals surface area (Å²) in [5, 5.41) is 0. The van der Waals surface area contributed by atoms with Gasteiger partial charge in [-0.15, -0.1) is 4.40 Å². The standard InChI is InChI=1S/C11H14N2O3S/c1-3-13(4-2)10-6-5-9-8-12-17(14,15)16-11(9)7-10/h5-8H,3-4H2,1-2H3. The summed E-state index contributed by atoms with van der Waals surface area (Å²) in [5.41, 5.74) is 1.62. The van der Waals surface area contributed by atoms with Crippen LogP contribution >= 0.6 is 0 Å². The van der Waals surface area contributed by atoms with Crippen LogP contribution in [0.2, 0.25) is 0 Å². The van der Waals surface area contributed by atoms with Gasteiger partial charge in [-0.1, -0.05) is 0 Å². The Hall–Kier alpha value is -1.56. The molecule has 0 amide bonds. The minimum atomic E-state index is -3.80. The van der Waals surface area contributed by atoms with Gasteiger partial charge >= 0.3 is 10.3 Å². The van der Waals surface area contributed by atoms with Crippen molar-refractivity contribution >= 4 is 22.2 Å². The van der Waals surface area contributed by atoms with Gasteiger partial charge in [-0.2, -0.15) is 8.42 Å². The average Bonchev–Trinajstić information content (AvgIpc) is 2.29. The predicted octanol–water partition coefficient (Wildman–Crippen LogP) is 1.59. The first kappa shape index (κ1) is 11.9. The quantitative estimate of drug-likeness (QED) is 0.822. The zero-order chi connectivity index (χ0) is 12.5. The van der Waals surface area contributed by atoms with Gasteiger partial charge in [-0.05, 0) is 26.0 Å². The van der Waals surface area contributed by atoms with Crippen molar-refractivity contribution in [2.45, 2.75) is 13.8 Å². The van der Waals surface area contributed by atoms with Crippen molar-refractivity contribution in [1.29, 1.82) is 0 Å². The molecule has 0 bridgehead atoms. The molecule has 92 valence electrons. The number of benzene rings is 1. The molecule has 0 saturated heterocycles. The fraction of sp³-hybridized carbons (Fsp3) is 0.364. The van der Waals surface area contributed by atoms with Crippen LogP contribution in [-0.4, -0.2) is 27.7 Å². The number of fused-ring (bicyclic) bond motifs is 1. The average molecular weight is 254 g/mol. The van der Waals surface area contributed by atoms with Crippen LogP contribution in [0.25, 0.3) is 0 Å². The largest absolute Gasteiger partial charge is 0.428 e. The molecule has 2 rings (SSSR count). The Morgan fingerprint density at radius 3 is 2.65 bits per heavy atom. The highest BCUT2D eigenvalue weighted by Crippen LogP contribution is 2.28. The zero-order valence-electron chi connectivity index (χ0n) is 9.75. The molecule has 17 heavy (non-hydrogen) atoms. The van der Waals surface area contributed by atoms with Gasteiger partial charge in [0.15, 0.2) is 5.75 Å². The Balaban J connectivity index is 2.41. The molecule has 0 atom stereocenters. The molecule has 5 nitrogen and oxygen atoms in total. The summed E-state index contributed by atoms with van der Waals surface area (Å²) in [5.74, 6) is 0.337. The predicted molar refractivity (Wildman–Crippen MR) is 67.1 cm³/mol. The second-order valence-corrected chi connectivity index (χ2v) is 4.87. The van der Waals surface area contributed by atoms with Crippen molar-refractivity contribution in [3.05, 3.63) is 23.8 Å². The molecule has 6 heteroatoms. The zero-order valence-corrected chi connectivity index (χ0v) is 10.6. The van der Waals surface area contributed by atoms with E-state index in [1.54, 1.807) is 12.1 Å². The number of nitrogens with zero attached hydrogens (tertiary/aromatic N) is 2. The van der Waals surface area contributed by atoms with Crippen molar-refractivity contribution in [1.82, 2.24) is 0 Å². The summed E-state index contributed by atoms with van der Waals surface area (Å²) < 4.78 is 30.6. The summed E-state index contributed by atoms with van der Waals surface area (Å²) >= 11 is 0. The molecule has 0 N–H and O–H groups in total. The van der Waals surface area contributed by atoms with Crippen LogP contribution in [0, 0.1) is 0 Å². The van der Waals surface area contributed by atoms with Crippen molar-refractivity contribution in [2.24, 2.45) is 4.40 Å². The van der Waals surface area contributed by atoms with E-state index in [2.05, 4.69) is 9.30 Å². The molecule has 1 aliphatic heterocycles. The van der Waals surface area contributed by atoms with Crippen LogP contribution in [-0.2, 0) is 10.3 Å². The van der Waals surface area contributed by atoms with Gasteiger partial charge < -0.3 is 9.08 Å². The fourth-order valence-corrected chi connectivity index (χ4v) is 2.40. The van der Waals surface area contributed by atoms with Crippen LogP contribution < -0.4 is 9.08 Å². The van der Waals surface area contributed by atoms with Crippen molar-refractivity contribution < 1.29 is 12.6 Å². The molecule has 0 fully saturated rings. The summed E-state index contributed by atoms with van der Waals surface area (Å²) in [6.07, 6.45) is 1.31. The molecule has 0 unspecified atom stereocenters. The maximum absolute atomic E-state index is 11.2. The molecule has 0 aromatic heterocycles. The van der Waals surface area contributed by atoms with E-state index in [0.717, 1.165) is 18.8 Å². The Bertz CT molecular complexity index is 548. The monoisotopic (exact) mass is 254 g/mol. The third-order valence-corrected chi connectivity index (χ3v) is 3.40. The molecular formula is C11H14N2O3S. The first-order valence-corrected chi connectivity index (χ1v) is 6.81. The highest BCUT2D eigenvalue weighted by Gasteiger charge is 2.19. The van der Waals surface area contributed by atoms with E-state index < -0.39 is 10.3 Å². The van der Waals surface area contributed by atoms with Gasteiger partial charge in [0.05, 0.1) is 6.21 Å². The number of hydrogen-bond acceptors (Lipinski definition) is 4. The maximum Gasteiger partial charge on any atom is 0.428 e. The van der Waals surface area contributed by atoms with E-state index in [-0.39, 0.29) is 0 Å². The Morgan fingerprint density at radius 1 is 1.29 bits per heavy atom. The lowest BCUT2D eigenvalue weighted by molar-refractivity contribution is 0.485. The van der Waals surface area contributed by atoms with Gasteiger partial charge in [-0.25, -0.2) is 0 Å². The van der Waals surface area contributed by atoms with E-state index in [9.17, 15) is 8.42 Å². The third-order valence-electron chi connectivity index (χ3n) is 2.64. The summed E-state index contributed by atoms with van der Waals surface area (Å²) in [7, 11) is -3.80. The Kier molecular flexibility index (Phi) is 3.06. The van der Waals surface area contributed by atoms with E-state index in [0.29, 0.717) is 11.3 Å². The van der Waals surface area contributed by atoms with E-state index in [1.165, 1.54) is 6.21 Å². The fourth-order valence-electron chi connectivity index (χ4n) is 1.74. The summed E-state index contributed by atoms with van der Waals surface area (Å²) in [6.45, 7) is 5.80. The van der Waals surface area contributed by atoms with Crippen LogP contribution in [0.4, 0.5) is 5.69 Å². The first-order valence-electron chi connectivity index (χ1n) is 5.44. The van der Waals surface area contributed by atoms with Crippen molar-refractivity contribution in [3.63, 3.8) is 0 Å². The lowest BCUT2D eigenvalue weighted by atomic mass is 10.2. The Morgan fingerprint density at radius 2 is 2.00 bits per heavy atom. The van der Waals surface area contributed by atoms with Crippen LogP contribution in [0.3, 0.4) is 0 Å². The van der Waals surface area contributed by atoms with E-state index in [4.69, 9.17) is 4.18 Å². The molecule has 1 aliphatic rings. The number of anilines is 1. The molecule has 1 heterocycles. The second-order valence-electron chi connectivity index (χ2n) is 3.64.